The number of amides is 1. The molecule has 0 heterocycles. The molecule has 0 radical (unpaired) electrons. The van der Waals surface area contributed by atoms with Crippen LogP contribution in [0.1, 0.15) is 27.7 Å². The summed E-state index contributed by atoms with van der Waals surface area (Å²) in [5, 5.41) is 5.98. The Labute approximate surface area is 149 Å². The molecule has 5 heteroatoms. The molecule has 0 aliphatic heterocycles. The summed E-state index contributed by atoms with van der Waals surface area (Å²) in [5.41, 5.74) is 1.22. The zero-order chi connectivity index (χ0) is 18.3. The zero-order valence-electron chi connectivity index (χ0n) is 15.3. The van der Waals surface area contributed by atoms with Gasteiger partial charge in [0.15, 0.2) is 0 Å². The third kappa shape index (κ3) is 6.37. The highest BCUT2D eigenvalue weighted by Crippen LogP contribution is 2.27. The molecule has 134 valence electrons. The number of benzene rings is 2. The third-order valence-electron chi connectivity index (χ3n) is 3.19. The standard InChI is InChI=1S/C20H26N2O3/c1-5-24-16-12-10-15(11-13-16)22-19(23)14-21-17-8-6-7-9-18(17)25-20(2,3)4/h6-13,21H,5,14H2,1-4H3,(H,22,23). The van der Waals surface area contributed by atoms with Crippen molar-refractivity contribution in [2.75, 3.05) is 23.8 Å². The van der Waals surface area contributed by atoms with Gasteiger partial charge >= 0.3 is 0 Å². The fourth-order valence-corrected chi connectivity index (χ4v) is 2.21. The average Bonchev–Trinajstić information content (AvgIpc) is 2.55. The van der Waals surface area contributed by atoms with E-state index in [-0.39, 0.29) is 18.1 Å². The third-order valence-corrected chi connectivity index (χ3v) is 3.19. The van der Waals surface area contributed by atoms with Crippen LogP contribution in [0.3, 0.4) is 0 Å². The second-order valence-corrected chi connectivity index (χ2v) is 6.57. The Morgan fingerprint density at radius 3 is 2.36 bits per heavy atom. The van der Waals surface area contributed by atoms with Gasteiger partial charge in [-0.3, -0.25) is 4.79 Å². The molecule has 2 aromatic carbocycles. The van der Waals surface area contributed by atoms with Crippen molar-refractivity contribution >= 4 is 17.3 Å². The van der Waals surface area contributed by atoms with Crippen LogP contribution < -0.4 is 20.1 Å². The van der Waals surface area contributed by atoms with Gasteiger partial charge in [-0.25, -0.2) is 0 Å². The minimum Gasteiger partial charge on any atom is -0.494 e. The summed E-state index contributed by atoms with van der Waals surface area (Å²) in [7, 11) is 0. The van der Waals surface area contributed by atoms with E-state index < -0.39 is 0 Å². The van der Waals surface area contributed by atoms with Gasteiger partial charge < -0.3 is 20.1 Å². The molecule has 2 aromatic rings. The maximum absolute atomic E-state index is 12.1. The van der Waals surface area contributed by atoms with Crippen LogP contribution in [0.15, 0.2) is 48.5 Å². The SMILES string of the molecule is CCOc1ccc(NC(=O)CNc2ccccc2OC(C)(C)C)cc1. The molecule has 5 nitrogen and oxygen atoms in total. The van der Waals surface area contributed by atoms with Crippen LogP contribution in [0.5, 0.6) is 11.5 Å². The van der Waals surface area contributed by atoms with Crippen molar-refractivity contribution in [1.29, 1.82) is 0 Å². The van der Waals surface area contributed by atoms with Crippen molar-refractivity contribution in [3.63, 3.8) is 0 Å². The lowest BCUT2D eigenvalue weighted by Gasteiger charge is -2.23. The van der Waals surface area contributed by atoms with E-state index in [1.54, 1.807) is 0 Å². The Kier molecular flexibility index (Phi) is 6.28. The van der Waals surface area contributed by atoms with Crippen LogP contribution in [-0.4, -0.2) is 24.7 Å². The first-order chi connectivity index (χ1) is 11.9. The van der Waals surface area contributed by atoms with Crippen molar-refractivity contribution in [2.45, 2.75) is 33.3 Å². The average molecular weight is 342 g/mol. The van der Waals surface area contributed by atoms with Gasteiger partial charge in [-0.1, -0.05) is 12.1 Å². The molecule has 0 bridgehead atoms. The summed E-state index contributed by atoms with van der Waals surface area (Å²) in [5.74, 6) is 1.38. The maximum atomic E-state index is 12.1. The molecule has 0 saturated carbocycles. The summed E-state index contributed by atoms with van der Waals surface area (Å²) < 4.78 is 11.3. The van der Waals surface area contributed by atoms with Crippen LogP contribution in [0, 0.1) is 0 Å². The van der Waals surface area contributed by atoms with Crippen molar-refractivity contribution in [3.05, 3.63) is 48.5 Å². The smallest absolute Gasteiger partial charge is 0.243 e. The van der Waals surface area contributed by atoms with Gasteiger partial charge in [0.05, 0.1) is 18.8 Å². The quantitative estimate of drug-likeness (QED) is 0.787. The van der Waals surface area contributed by atoms with Crippen LogP contribution in [0.4, 0.5) is 11.4 Å². The van der Waals surface area contributed by atoms with E-state index in [0.29, 0.717) is 6.61 Å². The Morgan fingerprint density at radius 1 is 1.04 bits per heavy atom. The Bertz CT molecular complexity index is 691. The number of hydrogen-bond donors (Lipinski definition) is 2. The molecule has 0 aliphatic rings. The molecule has 0 aliphatic carbocycles. The number of anilines is 2. The number of para-hydroxylation sites is 2. The van der Waals surface area contributed by atoms with Crippen molar-refractivity contribution in [2.24, 2.45) is 0 Å². The predicted molar refractivity (Wildman–Crippen MR) is 102 cm³/mol. The molecule has 2 rings (SSSR count). The Balaban J connectivity index is 1.92. The van der Waals surface area contributed by atoms with E-state index in [4.69, 9.17) is 9.47 Å². The maximum Gasteiger partial charge on any atom is 0.243 e. The lowest BCUT2D eigenvalue weighted by molar-refractivity contribution is -0.114. The van der Waals surface area contributed by atoms with Crippen LogP contribution in [-0.2, 0) is 4.79 Å². The molecule has 0 fully saturated rings. The second-order valence-electron chi connectivity index (χ2n) is 6.57. The van der Waals surface area contributed by atoms with E-state index in [1.165, 1.54) is 0 Å². The van der Waals surface area contributed by atoms with E-state index in [0.717, 1.165) is 22.9 Å². The van der Waals surface area contributed by atoms with Crippen LogP contribution >= 0.6 is 0 Å². The van der Waals surface area contributed by atoms with E-state index in [2.05, 4.69) is 10.6 Å². The minimum atomic E-state index is -0.303. The summed E-state index contributed by atoms with van der Waals surface area (Å²) in [6.45, 7) is 8.67. The number of carbonyl (C=O) groups is 1. The number of ether oxygens (including phenoxy) is 2. The van der Waals surface area contributed by atoms with E-state index >= 15 is 0 Å². The second kappa shape index (κ2) is 8.42. The van der Waals surface area contributed by atoms with Gasteiger partial charge in [0.2, 0.25) is 5.91 Å². The molecule has 1 amide bonds. The Hall–Kier alpha value is -2.69. The molecule has 0 spiro atoms. The summed E-state index contributed by atoms with van der Waals surface area (Å²) in [6, 6.07) is 14.9. The molecule has 2 N–H and O–H groups in total. The summed E-state index contributed by atoms with van der Waals surface area (Å²) in [6.07, 6.45) is 0. The minimum absolute atomic E-state index is 0.130. The van der Waals surface area contributed by atoms with Crippen molar-refractivity contribution < 1.29 is 14.3 Å². The molecular formula is C20H26N2O3. The van der Waals surface area contributed by atoms with E-state index in [9.17, 15) is 4.79 Å². The molecular weight excluding hydrogens is 316 g/mol. The number of nitrogens with one attached hydrogen (secondary N) is 2. The van der Waals surface area contributed by atoms with Gasteiger partial charge in [0.25, 0.3) is 0 Å². The topological polar surface area (TPSA) is 59.6 Å². The summed E-state index contributed by atoms with van der Waals surface area (Å²) >= 11 is 0. The first-order valence-electron chi connectivity index (χ1n) is 8.42. The molecule has 0 atom stereocenters. The number of carbonyl (C=O) groups excluding carboxylic acids is 1. The first kappa shape index (κ1) is 18.6. The zero-order valence-corrected chi connectivity index (χ0v) is 15.3. The highest BCUT2D eigenvalue weighted by Gasteiger charge is 2.14. The fourth-order valence-electron chi connectivity index (χ4n) is 2.21. The van der Waals surface area contributed by atoms with Gasteiger partial charge in [0.1, 0.15) is 17.1 Å². The lowest BCUT2D eigenvalue weighted by Crippen LogP contribution is -2.25. The van der Waals surface area contributed by atoms with Crippen molar-refractivity contribution in [3.8, 4) is 11.5 Å². The van der Waals surface area contributed by atoms with Crippen LogP contribution in [0.25, 0.3) is 0 Å². The molecule has 0 unspecified atom stereocenters. The van der Waals surface area contributed by atoms with Gasteiger partial charge in [-0.05, 0) is 64.1 Å². The van der Waals surface area contributed by atoms with Gasteiger partial charge in [0, 0.05) is 5.69 Å². The molecule has 25 heavy (non-hydrogen) atoms. The van der Waals surface area contributed by atoms with Gasteiger partial charge in [-0.2, -0.15) is 0 Å². The van der Waals surface area contributed by atoms with Crippen LogP contribution in [0.2, 0.25) is 0 Å². The predicted octanol–water partition coefficient (Wildman–Crippen LogP) is 4.31. The normalized spacial score (nSPS) is 10.9. The highest BCUT2D eigenvalue weighted by atomic mass is 16.5. The van der Waals surface area contributed by atoms with E-state index in [1.807, 2.05) is 76.2 Å². The highest BCUT2D eigenvalue weighted by molar-refractivity contribution is 5.94. The molecule has 0 aromatic heterocycles. The number of hydrogen-bond acceptors (Lipinski definition) is 4. The fraction of sp³-hybridized carbons (Fsp3) is 0.350. The number of rotatable bonds is 7. The monoisotopic (exact) mass is 342 g/mol. The summed E-state index contributed by atoms with van der Waals surface area (Å²) in [4.78, 5) is 12.1. The van der Waals surface area contributed by atoms with Gasteiger partial charge in [-0.15, -0.1) is 0 Å². The Morgan fingerprint density at radius 2 is 1.72 bits per heavy atom. The largest absolute Gasteiger partial charge is 0.494 e. The molecule has 0 saturated heterocycles. The lowest BCUT2D eigenvalue weighted by atomic mass is 10.2. The first-order valence-corrected chi connectivity index (χ1v) is 8.42. The van der Waals surface area contributed by atoms with Crippen molar-refractivity contribution in [1.82, 2.24) is 0 Å².